The van der Waals surface area contributed by atoms with E-state index in [4.69, 9.17) is 4.98 Å². The van der Waals surface area contributed by atoms with Gasteiger partial charge in [0.25, 0.3) is 0 Å². The average Bonchev–Trinajstić information content (AvgIpc) is 4.45. The molecule has 0 aliphatic carbocycles. The lowest BCUT2D eigenvalue weighted by atomic mass is 10.00. The van der Waals surface area contributed by atoms with Crippen LogP contribution in [0.3, 0.4) is 0 Å². The first kappa shape index (κ1) is 56.4. The monoisotopic (exact) mass is 1100 g/mol. The number of imidazole rings is 1. The third-order valence-corrected chi connectivity index (χ3v) is 15.5. The average molecular weight is 1100 g/mol. The highest BCUT2D eigenvalue weighted by Gasteiger charge is 2.27. The van der Waals surface area contributed by atoms with Crippen LogP contribution in [0, 0.1) is 11.6 Å². The van der Waals surface area contributed by atoms with E-state index in [0.29, 0.717) is 61.7 Å². The second-order valence-electron chi connectivity index (χ2n) is 20.6. The molecule has 0 saturated carbocycles. The van der Waals surface area contributed by atoms with Gasteiger partial charge in [-0.2, -0.15) is 10.2 Å². The van der Waals surface area contributed by atoms with Crippen molar-refractivity contribution in [3.8, 4) is 11.5 Å². The second-order valence-corrected chi connectivity index (χ2v) is 20.6. The number of piperidine rings is 2. The first-order valence-corrected chi connectivity index (χ1v) is 28.8. The van der Waals surface area contributed by atoms with E-state index in [1.54, 1.807) is 30.7 Å². The molecule has 7 aromatic heterocycles. The Morgan fingerprint density at radius 2 is 1.26 bits per heavy atom. The molecule has 0 atom stereocenters. The number of rotatable bonds is 15. The van der Waals surface area contributed by atoms with Crippen molar-refractivity contribution in [3.05, 3.63) is 181 Å². The number of likely N-dealkylation sites (tertiary alicyclic amines) is 1. The van der Waals surface area contributed by atoms with Crippen LogP contribution in [0.4, 0.5) is 25.8 Å². The van der Waals surface area contributed by atoms with Crippen molar-refractivity contribution >= 4 is 72.4 Å². The molecule has 3 saturated heterocycles. The van der Waals surface area contributed by atoms with Gasteiger partial charge in [0.2, 0.25) is 0 Å². The van der Waals surface area contributed by atoms with Gasteiger partial charge in [0.05, 0.1) is 87.3 Å². The van der Waals surface area contributed by atoms with Crippen molar-refractivity contribution in [2.45, 2.75) is 85.5 Å². The van der Waals surface area contributed by atoms with Gasteiger partial charge in [-0.25, -0.2) is 13.8 Å². The van der Waals surface area contributed by atoms with Gasteiger partial charge in [-0.1, -0.05) is 88.2 Å². The first-order valence-electron chi connectivity index (χ1n) is 28.8. The Labute approximate surface area is 478 Å². The highest BCUT2D eigenvalue weighted by molar-refractivity contribution is 5.98. The Morgan fingerprint density at radius 3 is 1.89 bits per heavy atom. The SMILES string of the molecule is C=C/C(=C\C(=C/C)c1ncc2[nH]nc(-c3nc4c(N5CCCCC5)cncc4[nH]3)c2c1F)NC(=C)c1ccccc1.C=C/C(=C\C(=C/C)c1ncc2[nH]nc(C3=CCc4c(cncc4N4CCCCC4)N3)c2c1F)CN1CCCC1.CC. The molecule has 8 aromatic rings. The van der Waals surface area contributed by atoms with Gasteiger partial charge >= 0.3 is 0 Å². The Kier molecular flexibility index (Phi) is 18.0. The van der Waals surface area contributed by atoms with Crippen molar-refractivity contribution in [2.75, 3.05) is 60.9 Å². The summed E-state index contributed by atoms with van der Waals surface area (Å²) in [6, 6.07) is 9.77. The molecule has 15 nitrogen and oxygen atoms in total. The fourth-order valence-corrected chi connectivity index (χ4v) is 11.2. The lowest BCUT2D eigenvalue weighted by Crippen LogP contribution is -2.30. The minimum atomic E-state index is -0.490. The van der Waals surface area contributed by atoms with E-state index in [1.807, 2.05) is 101 Å². The second kappa shape index (κ2) is 26.2. The number of aromatic nitrogens is 10. The smallest absolute Gasteiger partial charge is 0.161 e. The largest absolute Gasteiger partial charge is 0.370 e. The van der Waals surface area contributed by atoms with Gasteiger partial charge in [-0.3, -0.25) is 35.0 Å². The number of benzene rings is 1. The molecule has 422 valence electrons. The fraction of sp³-hybridized carbons (Fsp3) is 0.308. The van der Waals surface area contributed by atoms with Crippen LogP contribution in [-0.4, -0.2) is 101 Å². The summed E-state index contributed by atoms with van der Waals surface area (Å²) in [5, 5.41) is 22.4. The summed E-state index contributed by atoms with van der Waals surface area (Å²) in [7, 11) is 0. The quantitative estimate of drug-likeness (QED) is 0.0617. The summed E-state index contributed by atoms with van der Waals surface area (Å²) < 4.78 is 32.5. The van der Waals surface area contributed by atoms with Gasteiger partial charge in [0, 0.05) is 55.3 Å². The van der Waals surface area contributed by atoms with Crippen molar-refractivity contribution in [1.82, 2.24) is 60.5 Å². The Hall–Kier alpha value is -8.83. The summed E-state index contributed by atoms with van der Waals surface area (Å²) >= 11 is 0. The number of anilines is 3. The lowest BCUT2D eigenvalue weighted by Gasteiger charge is -2.32. The number of halogens is 2. The number of nitrogens with one attached hydrogen (secondary N) is 5. The molecular weight excluding hydrogens is 1030 g/mol. The number of hydrogen-bond donors (Lipinski definition) is 5. The van der Waals surface area contributed by atoms with E-state index < -0.39 is 5.82 Å². The first-order chi connectivity index (χ1) is 40.2. The number of H-pyrrole nitrogens is 3. The minimum Gasteiger partial charge on any atom is -0.370 e. The van der Waals surface area contributed by atoms with E-state index >= 15 is 8.78 Å². The predicted molar refractivity (Wildman–Crippen MR) is 332 cm³/mol. The number of pyridine rings is 4. The number of aromatic amines is 3. The van der Waals surface area contributed by atoms with E-state index in [2.05, 4.69) is 96.5 Å². The third kappa shape index (κ3) is 12.0. The molecule has 1 aromatic carbocycles. The number of fused-ring (bicyclic) bond motifs is 4. The minimum absolute atomic E-state index is 0.195. The number of hydrogen-bond acceptors (Lipinski definition) is 12. The van der Waals surface area contributed by atoms with Crippen molar-refractivity contribution in [3.63, 3.8) is 0 Å². The van der Waals surface area contributed by atoms with Crippen LogP contribution in [0.15, 0.2) is 141 Å². The van der Waals surface area contributed by atoms with Crippen LogP contribution >= 0.6 is 0 Å². The molecule has 0 amide bonds. The third-order valence-electron chi connectivity index (χ3n) is 15.5. The fourth-order valence-electron chi connectivity index (χ4n) is 11.2. The maximum atomic E-state index is 16.3. The summed E-state index contributed by atoms with van der Waals surface area (Å²) in [4.78, 5) is 33.2. The zero-order valence-corrected chi connectivity index (χ0v) is 47.6. The van der Waals surface area contributed by atoms with Crippen LogP contribution in [0.2, 0.25) is 0 Å². The van der Waals surface area contributed by atoms with Gasteiger partial charge in [0.15, 0.2) is 17.5 Å². The molecular formula is C65H73F2N15. The summed E-state index contributed by atoms with van der Waals surface area (Å²) in [6.45, 7) is 26.9. The molecule has 17 heteroatoms. The molecule has 4 aliphatic heterocycles. The standard InChI is InChI=1S/C32H31FN8.C31H36FN7.C2H6/c1-4-21(16-23(5-2)36-20(3)22-12-8-6-9-13-22)29-28(33)27-24(18-35-29)39-40-31(27)32-37-25-17-34-19-26(30(25)38-32)41-14-10-7-11-15-41;1-3-21(20-38-12-8-9-13-38)16-22(4-2)30-29(32)28-26(18-34-30)36-37-31(28)24-11-10-23-25(35-24)17-33-19-27(23)39-14-6-5-7-15-39;1-2/h4-6,8-9,12-13,16-19,36H,2-3,7,10-11,14-15H2,1H3,(H,37,38)(H,39,40);3-4,11,16-19,35H,1,5-10,12-15,20H2,2H3,(H,36,37);1-2H3/b21-4+,23-16+;21-16+,22-4+;. The van der Waals surface area contributed by atoms with Crippen LogP contribution in [0.25, 0.3) is 66.9 Å². The summed E-state index contributed by atoms with van der Waals surface area (Å²) in [6.07, 6.45) is 34.3. The molecule has 12 rings (SSSR count). The van der Waals surface area contributed by atoms with Crippen LogP contribution < -0.4 is 20.4 Å². The molecule has 0 bridgehead atoms. The summed E-state index contributed by atoms with van der Waals surface area (Å²) in [5.41, 5.74) is 13.9. The molecule has 3 fully saturated rings. The number of allylic oxidation sites excluding steroid dienone is 8. The lowest BCUT2D eigenvalue weighted by molar-refractivity contribution is 0.371. The molecule has 11 heterocycles. The maximum absolute atomic E-state index is 16.3. The normalized spacial score (nSPS) is 16.2. The van der Waals surface area contributed by atoms with Crippen molar-refractivity contribution in [1.29, 1.82) is 0 Å². The van der Waals surface area contributed by atoms with E-state index in [0.717, 1.165) is 110 Å². The zero-order chi connectivity index (χ0) is 57.1. The van der Waals surface area contributed by atoms with E-state index in [9.17, 15) is 0 Å². The molecule has 0 spiro atoms. The van der Waals surface area contributed by atoms with Gasteiger partial charge in [-0.15, -0.1) is 0 Å². The van der Waals surface area contributed by atoms with Crippen LogP contribution in [-0.2, 0) is 6.42 Å². The van der Waals surface area contributed by atoms with Gasteiger partial charge in [0.1, 0.15) is 28.3 Å². The Bertz CT molecular complexity index is 3760. The Morgan fingerprint density at radius 1 is 0.671 bits per heavy atom. The highest BCUT2D eigenvalue weighted by atomic mass is 19.1. The number of nitrogens with zero attached hydrogens (tertiary/aromatic N) is 10. The zero-order valence-electron chi connectivity index (χ0n) is 47.6. The van der Waals surface area contributed by atoms with Gasteiger partial charge < -0.3 is 25.4 Å². The van der Waals surface area contributed by atoms with Crippen molar-refractivity contribution in [2.24, 2.45) is 0 Å². The highest BCUT2D eigenvalue weighted by Crippen LogP contribution is 2.38. The van der Waals surface area contributed by atoms with Gasteiger partial charge in [-0.05, 0) is 120 Å². The Balaban J connectivity index is 0.000000179. The molecule has 0 unspecified atom stereocenters. The van der Waals surface area contributed by atoms with Crippen LogP contribution in [0.1, 0.15) is 107 Å². The molecule has 5 N–H and O–H groups in total. The van der Waals surface area contributed by atoms with Crippen LogP contribution in [0.5, 0.6) is 0 Å². The maximum Gasteiger partial charge on any atom is 0.161 e. The topological polar surface area (TPSA) is 171 Å². The van der Waals surface area contributed by atoms with Crippen molar-refractivity contribution < 1.29 is 8.78 Å². The van der Waals surface area contributed by atoms with E-state index in [-0.39, 0.29) is 11.5 Å². The molecule has 82 heavy (non-hydrogen) atoms. The summed E-state index contributed by atoms with van der Waals surface area (Å²) in [5.74, 6) is -0.395. The van der Waals surface area contributed by atoms with E-state index in [1.165, 1.54) is 49.8 Å². The molecule has 0 radical (unpaired) electrons. The molecule has 4 aliphatic rings. The predicted octanol–water partition coefficient (Wildman–Crippen LogP) is 13.9.